The zero-order valence-corrected chi connectivity index (χ0v) is 14.8. The average Bonchev–Trinajstić information content (AvgIpc) is 3.05. The van der Waals surface area contributed by atoms with E-state index < -0.39 is 0 Å². The lowest BCUT2D eigenvalue weighted by Crippen LogP contribution is -2.32. The molecular weight excluding hydrogens is 314 g/mol. The van der Waals surface area contributed by atoms with Crippen LogP contribution in [0.2, 0.25) is 0 Å². The molecule has 25 heavy (non-hydrogen) atoms. The van der Waals surface area contributed by atoms with Crippen LogP contribution in [0.25, 0.3) is 0 Å². The summed E-state index contributed by atoms with van der Waals surface area (Å²) in [6, 6.07) is 4.44. The highest BCUT2D eigenvalue weighted by Crippen LogP contribution is 2.54. The maximum atomic E-state index is 13.1. The first-order valence-corrected chi connectivity index (χ1v) is 9.48. The summed E-state index contributed by atoms with van der Waals surface area (Å²) in [6.07, 6.45) is 11.2. The van der Waals surface area contributed by atoms with E-state index in [2.05, 4.69) is 19.7 Å². The molecule has 1 unspecified atom stereocenters. The predicted molar refractivity (Wildman–Crippen MR) is 93.3 cm³/mol. The highest BCUT2D eigenvalue weighted by atomic mass is 16.2. The third-order valence-electron chi connectivity index (χ3n) is 6.55. The van der Waals surface area contributed by atoms with Gasteiger partial charge in [-0.2, -0.15) is 0 Å². The van der Waals surface area contributed by atoms with E-state index in [1.54, 1.807) is 0 Å². The van der Waals surface area contributed by atoms with Gasteiger partial charge in [0.2, 0.25) is 0 Å². The van der Waals surface area contributed by atoms with Crippen molar-refractivity contribution in [3.05, 3.63) is 36.2 Å². The van der Waals surface area contributed by atoms with Gasteiger partial charge in [0.15, 0.2) is 0 Å². The van der Waals surface area contributed by atoms with Crippen molar-refractivity contribution in [2.45, 2.75) is 50.5 Å². The molecule has 6 heteroatoms. The SMILES string of the molecule is Cn1cccc1C(=O)N1CC(c2nncn2C2CC2)C2(CCCC2)C1. The molecule has 2 aliphatic carbocycles. The second-order valence-electron chi connectivity index (χ2n) is 8.14. The number of hydrogen-bond donors (Lipinski definition) is 0. The third-order valence-corrected chi connectivity index (χ3v) is 6.55. The lowest BCUT2D eigenvalue weighted by Gasteiger charge is -2.29. The summed E-state index contributed by atoms with van der Waals surface area (Å²) in [4.78, 5) is 15.1. The van der Waals surface area contributed by atoms with Crippen LogP contribution >= 0.6 is 0 Å². The molecule has 0 N–H and O–H groups in total. The Morgan fingerprint density at radius 3 is 2.76 bits per heavy atom. The summed E-state index contributed by atoms with van der Waals surface area (Å²) in [7, 11) is 1.94. The number of hydrogen-bond acceptors (Lipinski definition) is 3. The monoisotopic (exact) mass is 339 g/mol. The fourth-order valence-corrected chi connectivity index (χ4v) is 5.05. The number of carbonyl (C=O) groups is 1. The fraction of sp³-hybridized carbons (Fsp3) is 0.632. The van der Waals surface area contributed by atoms with Gasteiger partial charge in [-0.15, -0.1) is 10.2 Å². The molecule has 2 aromatic rings. The normalized spacial score (nSPS) is 25.2. The van der Waals surface area contributed by atoms with Crippen molar-refractivity contribution in [2.75, 3.05) is 13.1 Å². The van der Waals surface area contributed by atoms with Crippen molar-refractivity contribution < 1.29 is 4.79 Å². The second kappa shape index (κ2) is 5.44. The van der Waals surface area contributed by atoms with Crippen molar-refractivity contribution in [3.8, 4) is 0 Å². The number of likely N-dealkylation sites (tertiary alicyclic amines) is 1. The minimum Gasteiger partial charge on any atom is -0.347 e. The summed E-state index contributed by atoms with van der Waals surface area (Å²) >= 11 is 0. The summed E-state index contributed by atoms with van der Waals surface area (Å²) in [5.41, 5.74) is 0.970. The van der Waals surface area contributed by atoms with Crippen LogP contribution in [0.5, 0.6) is 0 Å². The molecule has 1 spiro atoms. The van der Waals surface area contributed by atoms with Crippen LogP contribution in [0.15, 0.2) is 24.7 Å². The molecule has 0 radical (unpaired) electrons. The topological polar surface area (TPSA) is 56.0 Å². The van der Waals surface area contributed by atoms with Crippen molar-refractivity contribution in [3.63, 3.8) is 0 Å². The second-order valence-corrected chi connectivity index (χ2v) is 8.14. The van der Waals surface area contributed by atoms with Gasteiger partial charge in [0, 0.05) is 38.3 Å². The van der Waals surface area contributed by atoms with Gasteiger partial charge in [-0.3, -0.25) is 4.79 Å². The molecule has 1 amide bonds. The molecule has 3 aliphatic rings. The van der Waals surface area contributed by atoms with Gasteiger partial charge in [0.25, 0.3) is 5.91 Å². The van der Waals surface area contributed by atoms with Gasteiger partial charge < -0.3 is 14.0 Å². The molecule has 3 heterocycles. The number of nitrogens with zero attached hydrogens (tertiary/aromatic N) is 5. The smallest absolute Gasteiger partial charge is 0.270 e. The Bertz CT molecular complexity index is 796. The molecule has 1 atom stereocenters. The molecular formula is C19H25N5O. The van der Waals surface area contributed by atoms with Crippen LogP contribution in [0, 0.1) is 5.41 Å². The molecule has 1 aliphatic heterocycles. The maximum absolute atomic E-state index is 13.1. The molecule has 6 nitrogen and oxygen atoms in total. The first-order valence-electron chi connectivity index (χ1n) is 9.48. The van der Waals surface area contributed by atoms with Gasteiger partial charge in [-0.25, -0.2) is 0 Å². The van der Waals surface area contributed by atoms with Crippen LogP contribution < -0.4 is 0 Å². The van der Waals surface area contributed by atoms with Crippen molar-refractivity contribution >= 4 is 5.91 Å². The lowest BCUT2D eigenvalue weighted by atomic mass is 9.76. The van der Waals surface area contributed by atoms with E-state index in [0.717, 1.165) is 24.6 Å². The highest BCUT2D eigenvalue weighted by molar-refractivity contribution is 5.93. The molecule has 1 saturated heterocycles. The van der Waals surface area contributed by atoms with Crippen LogP contribution in [0.3, 0.4) is 0 Å². The first-order chi connectivity index (χ1) is 12.2. The summed E-state index contributed by atoms with van der Waals surface area (Å²) < 4.78 is 4.21. The van der Waals surface area contributed by atoms with Crippen LogP contribution in [0.4, 0.5) is 0 Å². The number of amides is 1. The number of carbonyl (C=O) groups excluding carboxylic acids is 1. The predicted octanol–water partition coefficient (Wildman–Crippen LogP) is 2.75. The Morgan fingerprint density at radius 1 is 1.28 bits per heavy atom. The Balaban J connectivity index is 1.48. The standard InChI is InChI=1S/C19H25N5O/c1-22-10-4-5-16(22)18(25)23-11-15(19(12-23)8-2-3-9-19)17-21-20-13-24(17)14-6-7-14/h4-5,10,13-15H,2-3,6-9,11-12H2,1H3. The van der Waals surface area contributed by atoms with Crippen LogP contribution in [0.1, 0.15) is 66.8 Å². The van der Waals surface area contributed by atoms with E-state index in [-0.39, 0.29) is 11.3 Å². The number of aryl methyl sites for hydroxylation is 1. The Morgan fingerprint density at radius 2 is 2.08 bits per heavy atom. The van der Waals surface area contributed by atoms with Crippen LogP contribution in [-0.4, -0.2) is 43.2 Å². The van der Waals surface area contributed by atoms with Crippen LogP contribution in [-0.2, 0) is 7.05 Å². The molecule has 0 aromatic carbocycles. The molecule has 5 rings (SSSR count). The molecule has 3 fully saturated rings. The molecule has 132 valence electrons. The van der Waals surface area contributed by atoms with E-state index in [1.165, 1.54) is 38.5 Å². The molecule has 2 saturated carbocycles. The Labute approximate surface area is 147 Å². The Hall–Kier alpha value is -2.11. The van der Waals surface area contributed by atoms with Crippen molar-refractivity contribution in [1.29, 1.82) is 0 Å². The molecule has 2 aromatic heterocycles. The largest absolute Gasteiger partial charge is 0.347 e. The average molecular weight is 339 g/mol. The molecule has 0 bridgehead atoms. The Kier molecular flexibility index (Phi) is 3.30. The third kappa shape index (κ3) is 2.34. The highest BCUT2D eigenvalue weighted by Gasteiger charge is 2.52. The van der Waals surface area contributed by atoms with Crippen molar-refractivity contribution in [2.24, 2.45) is 12.5 Å². The van der Waals surface area contributed by atoms with E-state index >= 15 is 0 Å². The van der Waals surface area contributed by atoms with E-state index in [0.29, 0.717) is 12.0 Å². The summed E-state index contributed by atoms with van der Waals surface area (Å²) in [5.74, 6) is 1.59. The van der Waals surface area contributed by atoms with Gasteiger partial charge in [0.1, 0.15) is 17.8 Å². The van der Waals surface area contributed by atoms with Crippen molar-refractivity contribution in [1.82, 2.24) is 24.2 Å². The quantitative estimate of drug-likeness (QED) is 0.864. The maximum Gasteiger partial charge on any atom is 0.270 e. The van der Waals surface area contributed by atoms with E-state index in [9.17, 15) is 4.79 Å². The van der Waals surface area contributed by atoms with Gasteiger partial charge >= 0.3 is 0 Å². The fourth-order valence-electron chi connectivity index (χ4n) is 5.05. The summed E-state index contributed by atoms with van der Waals surface area (Å²) in [6.45, 7) is 1.63. The van der Waals surface area contributed by atoms with Gasteiger partial charge in [0.05, 0.1) is 0 Å². The van der Waals surface area contributed by atoms with E-state index in [4.69, 9.17) is 0 Å². The zero-order valence-electron chi connectivity index (χ0n) is 14.8. The lowest BCUT2D eigenvalue weighted by molar-refractivity contribution is 0.0764. The first kappa shape index (κ1) is 15.2. The number of rotatable bonds is 3. The summed E-state index contributed by atoms with van der Waals surface area (Å²) in [5, 5.41) is 8.74. The van der Waals surface area contributed by atoms with Gasteiger partial charge in [-0.05, 0) is 43.2 Å². The minimum absolute atomic E-state index is 0.152. The van der Waals surface area contributed by atoms with E-state index in [1.807, 2.05) is 36.3 Å². The number of aromatic nitrogens is 4. The minimum atomic E-state index is 0.152. The van der Waals surface area contributed by atoms with Gasteiger partial charge in [-0.1, -0.05) is 12.8 Å². The zero-order chi connectivity index (χ0) is 17.0.